The zero-order valence-electron chi connectivity index (χ0n) is 13.4. The van der Waals surface area contributed by atoms with Crippen LogP contribution in [0.2, 0.25) is 0 Å². The number of carbonyl (C=O) groups is 2. The fourth-order valence-electron chi connectivity index (χ4n) is 3.36. The molecule has 0 bridgehead atoms. The van der Waals surface area contributed by atoms with Gasteiger partial charge >= 0.3 is 10.2 Å². The third-order valence-electron chi connectivity index (χ3n) is 4.91. The quantitative estimate of drug-likeness (QED) is 0.804. The van der Waals surface area contributed by atoms with Gasteiger partial charge in [0.25, 0.3) is 0 Å². The van der Waals surface area contributed by atoms with Crippen LogP contribution < -0.4 is 4.72 Å². The Hall–Kier alpha value is -1.15. The van der Waals surface area contributed by atoms with Crippen LogP contribution >= 0.6 is 0 Å². The Morgan fingerprint density at radius 1 is 0.870 bits per heavy atom. The minimum Gasteiger partial charge on any atom is -0.342 e. The molecule has 1 N–H and O–H groups in total. The van der Waals surface area contributed by atoms with Crippen molar-refractivity contribution in [3.8, 4) is 0 Å². The van der Waals surface area contributed by atoms with Gasteiger partial charge in [-0.1, -0.05) is 6.42 Å². The molecule has 130 valence electrons. The molecule has 3 fully saturated rings. The van der Waals surface area contributed by atoms with E-state index >= 15 is 0 Å². The van der Waals surface area contributed by atoms with Crippen LogP contribution in [0.1, 0.15) is 44.9 Å². The molecule has 7 nitrogen and oxygen atoms in total. The van der Waals surface area contributed by atoms with Crippen LogP contribution in [0, 0.1) is 11.8 Å². The highest BCUT2D eigenvalue weighted by molar-refractivity contribution is 7.87. The second-order valence-electron chi connectivity index (χ2n) is 6.83. The maximum Gasteiger partial charge on any atom is 0.303 e. The SMILES string of the molecule is O=C(NS(=O)(=O)N1CCCCC1)C1CCCN(C(=O)C2CC2)C1. The first-order valence-corrected chi connectivity index (χ1v) is 10.0. The molecule has 1 atom stereocenters. The lowest BCUT2D eigenvalue weighted by Crippen LogP contribution is -2.51. The van der Waals surface area contributed by atoms with Gasteiger partial charge in [0.2, 0.25) is 11.8 Å². The molecule has 2 saturated heterocycles. The predicted octanol–water partition coefficient (Wildman–Crippen LogP) is 0.482. The van der Waals surface area contributed by atoms with Gasteiger partial charge in [-0.2, -0.15) is 12.7 Å². The van der Waals surface area contributed by atoms with Crippen LogP contribution in [0.5, 0.6) is 0 Å². The zero-order chi connectivity index (χ0) is 16.4. The summed E-state index contributed by atoms with van der Waals surface area (Å²) < 4.78 is 28.1. The number of hydrogen-bond donors (Lipinski definition) is 1. The van der Waals surface area contributed by atoms with Crippen molar-refractivity contribution in [2.24, 2.45) is 11.8 Å². The molecular weight excluding hydrogens is 318 g/mol. The van der Waals surface area contributed by atoms with Crippen molar-refractivity contribution in [1.82, 2.24) is 13.9 Å². The normalized spacial score (nSPS) is 26.8. The Morgan fingerprint density at radius 3 is 2.22 bits per heavy atom. The Bertz CT molecular complexity index is 567. The number of amides is 2. The van der Waals surface area contributed by atoms with Gasteiger partial charge in [-0.25, -0.2) is 4.72 Å². The molecule has 3 aliphatic rings. The Morgan fingerprint density at radius 2 is 1.57 bits per heavy atom. The first kappa shape index (κ1) is 16.7. The maximum atomic E-state index is 12.4. The molecule has 2 aliphatic heterocycles. The fourth-order valence-corrected chi connectivity index (χ4v) is 4.65. The van der Waals surface area contributed by atoms with E-state index in [1.807, 2.05) is 0 Å². The molecular formula is C15H25N3O4S. The van der Waals surface area contributed by atoms with Crippen molar-refractivity contribution >= 4 is 22.0 Å². The van der Waals surface area contributed by atoms with Gasteiger partial charge in [-0.05, 0) is 38.5 Å². The number of nitrogens with one attached hydrogen (secondary N) is 1. The Labute approximate surface area is 137 Å². The smallest absolute Gasteiger partial charge is 0.303 e. The Balaban J connectivity index is 1.57. The van der Waals surface area contributed by atoms with Crippen LogP contribution in [-0.4, -0.2) is 55.6 Å². The Kier molecular flexibility index (Phi) is 4.91. The van der Waals surface area contributed by atoms with Crippen LogP contribution in [0.4, 0.5) is 0 Å². The van der Waals surface area contributed by atoms with Gasteiger partial charge < -0.3 is 4.90 Å². The van der Waals surface area contributed by atoms with Crippen LogP contribution in [0.15, 0.2) is 0 Å². The number of carbonyl (C=O) groups excluding carboxylic acids is 2. The molecule has 3 rings (SSSR count). The van der Waals surface area contributed by atoms with Crippen molar-refractivity contribution in [2.75, 3.05) is 26.2 Å². The summed E-state index contributed by atoms with van der Waals surface area (Å²) in [7, 11) is -3.74. The summed E-state index contributed by atoms with van der Waals surface area (Å²) >= 11 is 0. The molecule has 2 amide bonds. The van der Waals surface area contributed by atoms with Gasteiger partial charge in [0.1, 0.15) is 0 Å². The molecule has 1 saturated carbocycles. The summed E-state index contributed by atoms with van der Waals surface area (Å²) in [6.45, 7) is 1.97. The van der Waals surface area contributed by atoms with E-state index in [9.17, 15) is 18.0 Å². The largest absolute Gasteiger partial charge is 0.342 e. The van der Waals surface area contributed by atoms with Crippen molar-refractivity contribution in [3.05, 3.63) is 0 Å². The molecule has 0 aromatic heterocycles. The number of piperidine rings is 2. The number of rotatable bonds is 4. The number of hydrogen-bond acceptors (Lipinski definition) is 4. The third kappa shape index (κ3) is 4.03. The highest BCUT2D eigenvalue weighted by atomic mass is 32.2. The van der Waals surface area contributed by atoms with Crippen LogP contribution in [0.3, 0.4) is 0 Å². The van der Waals surface area contributed by atoms with Crippen LogP contribution in [-0.2, 0) is 19.8 Å². The number of nitrogens with zero attached hydrogens (tertiary/aromatic N) is 2. The van der Waals surface area contributed by atoms with Gasteiger partial charge in [-0.3, -0.25) is 9.59 Å². The summed E-state index contributed by atoms with van der Waals surface area (Å²) in [5.41, 5.74) is 0. The molecule has 0 aromatic rings. The second kappa shape index (κ2) is 6.76. The third-order valence-corrected chi connectivity index (χ3v) is 6.42. The summed E-state index contributed by atoms with van der Waals surface area (Å²) in [5.74, 6) is -0.634. The first-order valence-electron chi connectivity index (χ1n) is 8.58. The lowest BCUT2D eigenvalue weighted by Gasteiger charge is -2.33. The first-order chi connectivity index (χ1) is 11.0. The van der Waals surface area contributed by atoms with E-state index in [1.165, 1.54) is 4.31 Å². The molecule has 1 unspecified atom stereocenters. The molecule has 1 aliphatic carbocycles. The monoisotopic (exact) mass is 343 g/mol. The summed E-state index contributed by atoms with van der Waals surface area (Å²) in [5, 5.41) is 0. The minimum atomic E-state index is -3.74. The maximum absolute atomic E-state index is 12.4. The van der Waals surface area contributed by atoms with E-state index in [2.05, 4.69) is 4.72 Å². The van der Waals surface area contributed by atoms with Crippen molar-refractivity contribution in [2.45, 2.75) is 44.9 Å². The average Bonchev–Trinajstić information content (AvgIpc) is 3.40. The molecule has 23 heavy (non-hydrogen) atoms. The van der Waals surface area contributed by atoms with Gasteiger partial charge in [0.15, 0.2) is 0 Å². The van der Waals surface area contributed by atoms with Gasteiger partial charge in [0.05, 0.1) is 5.92 Å². The van der Waals surface area contributed by atoms with E-state index in [0.717, 1.165) is 38.5 Å². The molecule has 8 heteroatoms. The zero-order valence-corrected chi connectivity index (χ0v) is 14.2. The molecule has 0 radical (unpaired) electrons. The van der Waals surface area contributed by atoms with Crippen molar-refractivity contribution < 1.29 is 18.0 Å². The fraction of sp³-hybridized carbons (Fsp3) is 0.867. The van der Waals surface area contributed by atoms with E-state index in [1.54, 1.807) is 4.90 Å². The van der Waals surface area contributed by atoms with Gasteiger partial charge in [-0.15, -0.1) is 0 Å². The van der Waals surface area contributed by atoms with E-state index < -0.39 is 22.0 Å². The summed E-state index contributed by atoms with van der Waals surface area (Å²) in [4.78, 5) is 26.2. The van der Waals surface area contributed by atoms with E-state index in [-0.39, 0.29) is 11.8 Å². The topological polar surface area (TPSA) is 86.8 Å². The average molecular weight is 343 g/mol. The standard InChI is InChI=1S/C15H25N3O4S/c19-14(16-23(21,22)18-9-2-1-3-10-18)13-5-4-8-17(11-13)15(20)12-6-7-12/h12-13H,1-11H2,(H,16,19). The predicted molar refractivity (Wildman–Crippen MR) is 84.5 cm³/mol. The second-order valence-corrected chi connectivity index (χ2v) is 8.50. The summed E-state index contributed by atoms with van der Waals surface area (Å²) in [6.07, 6.45) is 5.96. The van der Waals surface area contributed by atoms with E-state index in [0.29, 0.717) is 32.6 Å². The molecule has 2 heterocycles. The lowest BCUT2D eigenvalue weighted by molar-refractivity contribution is -0.136. The highest BCUT2D eigenvalue weighted by Crippen LogP contribution is 2.32. The lowest BCUT2D eigenvalue weighted by atomic mass is 9.97. The molecule has 0 spiro atoms. The van der Waals surface area contributed by atoms with Gasteiger partial charge in [0, 0.05) is 32.1 Å². The number of likely N-dealkylation sites (tertiary alicyclic amines) is 1. The van der Waals surface area contributed by atoms with Crippen LogP contribution in [0.25, 0.3) is 0 Å². The van der Waals surface area contributed by atoms with Crippen molar-refractivity contribution in [3.63, 3.8) is 0 Å². The minimum absolute atomic E-state index is 0.126. The van der Waals surface area contributed by atoms with Crippen molar-refractivity contribution in [1.29, 1.82) is 0 Å². The highest BCUT2D eigenvalue weighted by Gasteiger charge is 2.37. The summed E-state index contributed by atoms with van der Waals surface area (Å²) in [6, 6.07) is 0. The van der Waals surface area contributed by atoms with E-state index in [4.69, 9.17) is 0 Å². The molecule has 0 aromatic carbocycles.